The Hall–Kier alpha value is -2.44. The van der Waals surface area contributed by atoms with Crippen molar-refractivity contribution in [3.63, 3.8) is 0 Å². The Balaban J connectivity index is 1.41. The largest absolute Gasteiger partial charge is 0.447 e. The van der Waals surface area contributed by atoms with E-state index in [1.165, 1.54) is 0 Å². The molecule has 3 amide bonds. The third-order valence-corrected chi connectivity index (χ3v) is 6.23. The highest BCUT2D eigenvalue weighted by Gasteiger charge is 2.27. The lowest BCUT2D eigenvalue weighted by molar-refractivity contribution is 0.181. The number of halogens is 2. The van der Waals surface area contributed by atoms with E-state index in [0.29, 0.717) is 23.2 Å². The smallest absolute Gasteiger partial charge is 0.414 e. The molecule has 1 saturated heterocycles. The van der Waals surface area contributed by atoms with Gasteiger partial charge >= 0.3 is 12.1 Å². The first-order chi connectivity index (χ1) is 13.9. The molecule has 1 heterocycles. The molecule has 1 fully saturated rings. The Kier molecular flexibility index (Phi) is 5.56. The van der Waals surface area contributed by atoms with Crippen LogP contribution < -0.4 is 15.5 Å². The molecular formula is C21H21Cl2N3O3. The zero-order valence-electron chi connectivity index (χ0n) is 15.9. The molecule has 8 heteroatoms. The van der Waals surface area contributed by atoms with E-state index < -0.39 is 0 Å². The van der Waals surface area contributed by atoms with Crippen LogP contribution in [0.3, 0.4) is 0 Å². The van der Waals surface area contributed by atoms with Crippen molar-refractivity contribution in [2.45, 2.75) is 31.8 Å². The normalized spacial score (nSPS) is 18.9. The number of urea groups is 1. The first-order valence-electron chi connectivity index (χ1n) is 9.52. The number of hydrogen-bond donors (Lipinski definition) is 2. The van der Waals surface area contributed by atoms with E-state index in [1.54, 1.807) is 11.0 Å². The fourth-order valence-electron chi connectivity index (χ4n) is 3.85. The minimum atomic E-state index is -0.348. The van der Waals surface area contributed by atoms with Crippen molar-refractivity contribution in [1.29, 1.82) is 0 Å². The molecule has 2 N–H and O–H groups in total. The number of cyclic esters (lactones) is 1. The van der Waals surface area contributed by atoms with Crippen molar-refractivity contribution in [3.8, 4) is 0 Å². The van der Waals surface area contributed by atoms with Gasteiger partial charge in [-0.2, -0.15) is 0 Å². The quantitative estimate of drug-likeness (QED) is 0.712. The zero-order valence-corrected chi connectivity index (χ0v) is 17.4. The van der Waals surface area contributed by atoms with E-state index in [4.69, 9.17) is 27.9 Å². The average molecular weight is 434 g/mol. The number of amides is 3. The molecule has 4 rings (SSSR count). The number of nitrogens with one attached hydrogen (secondary N) is 2. The maximum absolute atomic E-state index is 12.6. The highest BCUT2D eigenvalue weighted by Crippen LogP contribution is 2.39. The van der Waals surface area contributed by atoms with Gasteiger partial charge in [0, 0.05) is 5.69 Å². The number of rotatable bonds is 4. The van der Waals surface area contributed by atoms with Crippen molar-refractivity contribution in [2.24, 2.45) is 0 Å². The summed E-state index contributed by atoms with van der Waals surface area (Å²) in [4.78, 5) is 25.9. The second-order valence-electron chi connectivity index (χ2n) is 7.22. The number of benzene rings is 2. The number of anilines is 1. The molecule has 0 bridgehead atoms. The van der Waals surface area contributed by atoms with Crippen molar-refractivity contribution >= 4 is 41.0 Å². The van der Waals surface area contributed by atoms with Gasteiger partial charge in [0.1, 0.15) is 6.61 Å². The first-order valence-corrected chi connectivity index (χ1v) is 10.3. The highest BCUT2D eigenvalue weighted by atomic mass is 35.5. The maximum Gasteiger partial charge on any atom is 0.414 e. The molecule has 6 nitrogen and oxygen atoms in total. The van der Waals surface area contributed by atoms with E-state index in [0.717, 1.165) is 35.2 Å². The van der Waals surface area contributed by atoms with Crippen LogP contribution in [0.25, 0.3) is 0 Å². The lowest BCUT2D eigenvalue weighted by atomic mass is 10.1. The van der Waals surface area contributed by atoms with Crippen LogP contribution in [-0.2, 0) is 11.2 Å². The minimum absolute atomic E-state index is 0.0994. The number of ether oxygens (including phenoxy) is 1. The summed E-state index contributed by atoms with van der Waals surface area (Å²) in [5.74, 6) is 0. The van der Waals surface area contributed by atoms with Crippen molar-refractivity contribution in [1.82, 2.24) is 10.6 Å². The molecule has 2 aromatic rings. The number of carbonyl (C=O) groups is 2. The van der Waals surface area contributed by atoms with Gasteiger partial charge in [-0.05, 0) is 54.7 Å². The number of nitrogens with zero attached hydrogens (tertiary/aromatic N) is 1. The lowest BCUT2D eigenvalue weighted by Crippen LogP contribution is -2.38. The van der Waals surface area contributed by atoms with Gasteiger partial charge in [-0.3, -0.25) is 4.90 Å². The third-order valence-electron chi connectivity index (χ3n) is 5.39. The second kappa shape index (κ2) is 8.13. The standard InChI is InChI=1S/C21H21Cl2N3O3/c1-12(13-3-2-4-14(11-13)26-9-10-29-21(26)28)24-20(27)25-18-8-6-16-15(18)5-7-17(22)19(16)23/h2-5,7,11-12,18H,6,8-10H2,1H3,(H2,24,25,27). The summed E-state index contributed by atoms with van der Waals surface area (Å²) in [6, 6.07) is 10.6. The van der Waals surface area contributed by atoms with Crippen molar-refractivity contribution < 1.29 is 14.3 Å². The van der Waals surface area contributed by atoms with Crippen LogP contribution in [0.5, 0.6) is 0 Å². The van der Waals surface area contributed by atoms with Crippen LogP contribution in [0.2, 0.25) is 10.0 Å². The maximum atomic E-state index is 12.6. The molecule has 1 aliphatic carbocycles. The van der Waals surface area contributed by atoms with E-state index in [9.17, 15) is 9.59 Å². The minimum Gasteiger partial charge on any atom is -0.447 e. The Bertz CT molecular complexity index is 966. The van der Waals surface area contributed by atoms with Gasteiger partial charge in [0.15, 0.2) is 0 Å². The molecule has 0 spiro atoms. The van der Waals surface area contributed by atoms with Crippen LogP contribution >= 0.6 is 23.2 Å². The second-order valence-corrected chi connectivity index (χ2v) is 8.01. The van der Waals surface area contributed by atoms with Gasteiger partial charge in [0.05, 0.1) is 28.7 Å². The lowest BCUT2D eigenvalue weighted by Gasteiger charge is -2.20. The summed E-state index contributed by atoms with van der Waals surface area (Å²) in [6.45, 7) is 2.82. The number of hydrogen-bond acceptors (Lipinski definition) is 3. The Labute approximate surface area is 179 Å². The summed E-state index contributed by atoms with van der Waals surface area (Å²) >= 11 is 12.4. The summed E-state index contributed by atoms with van der Waals surface area (Å²) in [5.41, 5.74) is 3.67. The fourth-order valence-corrected chi connectivity index (χ4v) is 4.30. The predicted molar refractivity (Wildman–Crippen MR) is 113 cm³/mol. The summed E-state index contributed by atoms with van der Waals surface area (Å²) in [5, 5.41) is 7.09. The molecule has 0 radical (unpaired) electrons. The van der Waals surface area contributed by atoms with Crippen LogP contribution in [0, 0.1) is 0 Å². The van der Waals surface area contributed by atoms with Crippen LogP contribution in [0.15, 0.2) is 36.4 Å². The molecule has 2 aliphatic rings. The van der Waals surface area contributed by atoms with Gasteiger partial charge in [0.25, 0.3) is 0 Å². The molecule has 152 valence electrons. The summed E-state index contributed by atoms with van der Waals surface area (Å²) in [6.07, 6.45) is 1.21. The van der Waals surface area contributed by atoms with Gasteiger partial charge in [0.2, 0.25) is 0 Å². The summed E-state index contributed by atoms with van der Waals surface area (Å²) < 4.78 is 4.99. The molecule has 29 heavy (non-hydrogen) atoms. The fraction of sp³-hybridized carbons (Fsp3) is 0.333. The molecular weight excluding hydrogens is 413 g/mol. The monoisotopic (exact) mass is 433 g/mol. The Morgan fingerprint density at radius 2 is 2.10 bits per heavy atom. The first kappa shape index (κ1) is 19.9. The summed E-state index contributed by atoms with van der Waals surface area (Å²) in [7, 11) is 0. The van der Waals surface area contributed by atoms with E-state index >= 15 is 0 Å². The van der Waals surface area contributed by atoms with Gasteiger partial charge in [-0.25, -0.2) is 9.59 Å². The topological polar surface area (TPSA) is 70.7 Å². The Morgan fingerprint density at radius 3 is 2.86 bits per heavy atom. The van der Waals surface area contributed by atoms with Crippen molar-refractivity contribution in [2.75, 3.05) is 18.1 Å². The SMILES string of the molecule is CC(NC(=O)NC1CCc2c1ccc(Cl)c2Cl)c1cccc(N2CCOC2=O)c1. The number of fused-ring (bicyclic) bond motifs is 1. The molecule has 0 saturated carbocycles. The van der Waals surface area contributed by atoms with Gasteiger partial charge in [-0.15, -0.1) is 0 Å². The van der Waals surface area contributed by atoms with Crippen molar-refractivity contribution in [3.05, 3.63) is 63.1 Å². The third kappa shape index (κ3) is 4.00. The van der Waals surface area contributed by atoms with E-state index in [1.807, 2.05) is 37.3 Å². The van der Waals surface area contributed by atoms with Gasteiger partial charge < -0.3 is 15.4 Å². The van der Waals surface area contributed by atoms with Crippen LogP contribution in [0.4, 0.5) is 15.3 Å². The zero-order chi connectivity index (χ0) is 20.5. The average Bonchev–Trinajstić information content (AvgIpc) is 3.31. The molecule has 1 aliphatic heterocycles. The highest BCUT2D eigenvalue weighted by molar-refractivity contribution is 6.42. The molecule has 0 aromatic heterocycles. The predicted octanol–water partition coefficient (Wildman–Crippen LogP) is 5.00. The van der Waals surface area contributed by atoms with E-state index in [-0.39, 0.29) is 24.2 Å². The van der Waals surface area contributed by atoms with Crippen LogP contribution in [-0.4, -0.2) is 25.3 Å². The van der Waals surface area contributed by atoms with E-state index in [2.05, 4.69) is 10.6 Å². The van der Waals surface area contributed by atoms with Crippen LogP contribution in [0.1, 0.15) is 42.1 Å². The molecule has 2 unspecified atom stereocenters. The molecule has 2 atom stereocenters. The number of carbonyl (C=O) groups excluding carboxylic acids is 2. The molecule has 2 aromatic carbocycles. The Morgan fingerprint density at radius 1 is 1.28 bits per heavy atom. The van der Waals surface area contributed by atoms with Gasteiger partial charge in [-0.1, -0.05) is 41.4 Å².